The molecule has 0 fully saturated rings. The quantitative estimate of drug-likeness (QED) is 0.816. The zero-order valence-electron chi connectivity index (χ0n) is 12.9. The third kappa shape index (κ3) is 6.94. The molecular weight excluding hydrogens is 370 g/mol. The lowest BCUT2D eigenvalue weighted by molar-refractivity contribution is -0.125. The third-order valence-corrected chi connectivity index (χ3v) is 3.73. The Morgan fingerprint density at radius 2 is 1.92 bits per heavy atom. The van der Waals surface area contributed by atoms with Gasteiger partial charge >= 0.3 is 12.2 Å². The lowest BCUT2D eigenvalue weighted by Crippen LogP contribution is -2.46. The molecule has 1 aromatic carbocycles. The second kappa shape index (κ2) is 8.55. The van der Waals surface area contributed by atoms with Gasteiger partial charge in [0.15, 0.2) is 0 Å². The molecule has 0 bridgehead atoms. The second-order valence-electron chi connectivity index (χ2n) is 5.10. The Bertz CT molecular complexity index is 611. The first kappa shape index (κ1) is 20.5. The molecule has 2 N–H and O–H groups in total. The molecule has 1 atom stereocenters. The SMILES string of the molecule is CC(c1ccc(Cl)cc1Cl)N(C)CC(=O)NC(=O)NCC(F)(F)F. The van der Waals surface area contributed by atoms with E-state index < -0.39 is 24.7 Å². The van der Waals surface area contributed by atoms with Gasteiger partial charge in [-0.15, -0.1) is 0 Å². The number of amides is 3. The maximum Gasteiger partial charge on any atom is 0.405 e. The maximum absolute atomic E-state index is 12.0. The summed E-state index contributed by atoms with van der Waals surface area (Å²) in [4.78, 5) is 24.5. The highest BCUT2D eigenvalue weighted by atomic mass is 35.5. The number of hydrogen-bond acceptors (Lipinski definition) is 3. The number of halogens is 5. The van der Waals surface area contributed by atoms with Gasteiger partial charge in [0, 0.05) is 16.1 Å². The average molecular weight is 386 g/mol. The number of alkyl halides is 3. The predicted molar refractivity (Wildman–Crippen MR) is 85.1 cm³/mol. The van der Waals surface area contributed by atoms with Crippen molar-refractivity contribution in [3.63, 3.8) is 0 Å². The van der Waals surface area contributed by atoms with E-state index >= 15 is 0 Å². The van der Waals surface area contributed by atoms with E-state index in [0.717, 1.165) is 5.56 Å². The number of hydrogen-bond donors (Lipinski definition) is 2. The highest BCUT2D eigenvalue weighted by Crippen LogP contribution is 2.28. The van der Waals surface area contributed by atoms with Crippen molar-refractivity contribution in [3.05, 3.63) is 33.8 Å². The first-order valence-electron chi connectivity index (χ1n) is 6.79. The minimum absolute atomic E-state index is 0.209. The van der Waals surface area contributed by atoms with E-state index in [-0.39, 0.29) is 12.6 Å². The Labute approximate surface area is 147 Å². The zero-order chi connectivity index (χ0) is 18.5. The van der Waals surface area contributed by atoms with Crippen LogP contribution in [-0.2, 0) is 4.79 Å². The highest BCUT2D eigenvalue weighted by molar-refractivity contribution is 6.35. The minimum atomic E-state index is -4.54. The maximum atomic E-state index is 12.0. The number of urea groups is 1. The van der Waals surface area contributed by atoms with E-state index in [0.29, 0.717) is 10.0 Å². The molecule has 0 aliphatic rings. The number of benzene rings is 1. The Hall–Kier alpha value is -1.51. The summed E-state index contributed by atoms with van der Waals surface area (Å²) in [6.07, 6.45) is -4.54. The van der Waals surface area contributed by atoms with E-state index in [9.17, 15) is 22.8 Å². The fraction of sp³-hybridized carbons (Fsp3) is 0.429. The molecule has 134 valence electrons. The molecular formula is C14H16Cl2F3N3O2. The van der Waals surface area contributed by atoms with Gasteiger partial charge in [0.25, 0.3) is 0 Å². The van der Waals surface area contributed by atoms with E-state index in [2.05, 4.69) is 0 Å². The Morgan fingerprint density at radius 1 is 1.29 bits per heavy atom. The Balaban J connectivity index is 2.55. The predicted octanol–water partition coefficient (Wildman–Crippen LogP) is 3.37. The van der Waals surface area contributed by atoms with Crippen molar-refractivity contribution >= 4 is 35.1 Å². The van der Waals surface area contributed by atoms with Crippen molar-refractivity contribution in [1.82, 2.24) is 15.5 Å². The fourth-order valence-electron chi connectivity index (χ4n) is 1.83. The van der Waals surface area contributed by atoms with Crippen molar-refractivity contribution in [1.29, 1.82) is 0 Å². The third-order valence-electron chi connectivity index (χ3n) is 3.17. The van der Waals surface area contributed by atoms with Gasteiger partial charge in [-0.25, -0.2) is 4.79 Å². The van der Waals surface area contributed by atoms with Gasteiger partial charge in [-0.3, -0.25) is 15.0 Å². The molecule has 0 aliphatic heterocycles. The summed E-state index contributed by atoms with van der Waals surface area (Å²) in [5.41, 5.74) is 0.720. The smallest absolute Gasteiger partial charge is 0.329 e. The van der Waals surface area contributed by atoms with Crippen LogP contribution >= 0.6 is 23.2 Å². The summed E-state index contributed by atoms with van der Waals surface area (Å²) >= 11 is 11.9. The van der Waals surface area contributed by atoms with E-state index in [1.165, 1.54) is 0 Å². The standard InChI is InChI=1S/C14H16Cl2F3N3O2/c1-8(10-4-3-9(15)5-11(10)16)22(2)6-12(23)21-13(24)20-7-14(17,18)19/h3-5,8H,6-7H2,1-2H3,(H2,20,21,23,24). The Morgan fingerprint density at radius 3 is 2.46 bits per heavy atom. The molecule has 0 heterocycles. The van der Waals surface area contributed by atoms with E-state index in [4.69, 9.17) is 23.2 Å². The average Bonchev–Trinajstić information content (AvgIpc) is 2.43. The molecule has 0 saturated heterocycles. The summed E-state index contributed by atoms with van der Waals surface area (Å²) in [5.74, 6) is -0.742. The summed E-state index contributed by atoms with van der Waals surface area (Å²) in [6, 6.07) is 3.44. The molecule has 1 unspecified atom stereocenters. The summed E-state index contributed by atoms with van der Waals surface area (Å²) in [5, 5.41) is 4.27. The van der Waals surface area contributed by atoms with Crippen LogP contribution < -0.4 is 10.6 Å². The lowest BCUT2D eigenvalue weighted by atomic mass is 10.1. The van der Waals surface area contributed by atoms with Crippen LogP contribution in [0.4, 0.5) is 18.0 Å². The molecule has 0 spiro atoms. The first-order chi connectivity index (χ1) is 11.0. The van der Waals surface area contributed by atoms with Crippen LogP contribution in [0.3, 0.4) is 0 Å². The van der Waals surface area contributed by atoms with Gasteiger partial charge in [-0.05, 0) is 31.7 Å². The van der Waals surface area contributed by atoms with Gasteiger partial charge in [0.05, 0.1) is 6.54 Å². The number of imide groups is 1. The summed E-state index contributed by atoms with van der Waals surface area (Å²) < 4.78 is 35.9. The van der Waals surface area contributed by atoms with E-state index in [1.807, 2.05) is 5.32 Å². The van der Waals surface area contributed by atoms with Crippen molar-refractivity contribution in [2.24, 2.45) is 0 Å². The van der Waals surface area contributed by atoms with Crippen LogP contribution in [0.25, 0.3) is 0 Å². The second-order valence-corrected chi connectivity index (χ2v) is 5.95. The number of likely N-dealkylation sites (N-methyl/N-ethyl adjacent to an activating group) is 1. The lowest BCUT2D eigenvalue weighted by Gasteiger charge is -2.25. The van der Waals surface area contributed by atoms with E-state index in [1.54, 1.807) is 42.4 Å². The highest BCUT2D eigenvalue weighted by Gasteiger charge is 2.28. The number of nitrogens with zero attached hydrogens (tertiary/aromatic N) is 1. The molecule has 5 nitrogen and oxygen atoms in total. The molecule has 0 radical (unpaired) electrons. The normalized spacial score (nSPS) is 12.8. The first-order valence-corrected chi connectivity index (χ1v) is 7.55. The van der Waals surface area contributed by atoms with Gasteiger partial charge < -0.3 is 5.32 Å². The van der Waals surface area contributed by atoms with Crippen molar-refractivity contribution in [2.45, 2.75) is 19.1 Å². The van der Waals surface area contributed by atoms with Crippen molar-refractivity contribution in [3.8, 4) is 0 Å². The minimum Gasteiger partial charge on any atom is -0.329 e. The van der Waals surface area contributed by atoms with Gasteiger partial charge in [-0.2, -0.15) is 13.2 Å². The van der Waals surface area contributed by atoms with Gasteiger partial charge in [0.1, 0.15) is 6.54 Å². The van der Waals surface area contributed by atoms with Crippen LogP contribution in [0.1, 0.15) is 18.5 Å². The monoisotopic (exact) mass is 385 g/mol. The van der Waals surface area contributed by atoms with Crippen LogP contribution in [-0.4, -0.2) is 43.2 Å². The van der Waals surface area contributed by atoms with Crippen LogP contribution in [0.5, 0.6) is 0 Å². The number of nitrogens with one attached hydrogen (secondary N) is 2. The molecule has 1 rings (SSSR count). The van der Waals surface area contributed by atoms with Crippen molar-refractivity contribution < 1.29 is 22.8 Å². The van der Waals surface area contributed by atoms with Crippen LogP contribution in [0, 0.1) is 0 Å². The summed E-state index contributed by atoms with van der Waals surface area (Å²) in [6.45, 7) is 0.0599. The molecule has 0 aliphatic carbocycles. The van der Waals surface area contributed by atoms with Gasteiger partial charge in [0.2, 0.25) is 5.91 Å². The number of carbonyl (C=O) groups is 2. The molecule has 1 aromatic rings. The largest absolute Gasteiger partial charge is 0.405 e. The van der Waals surface area contributed by atoms with Crippen LogP contribution in [0.15, 0.2) is 18.2 Å². The molecule has 10 heteroatoms. The molecule has 24 heavy (non-hydrogen) atoms. The fourth-order valence-corrected chi connectivity index (χ4v) is 2.40. The topological polar surface area (TPSA) is 61.4 Å². The molecule has 3 amide bonds. The summed E-state index contributed by atoms with van der Waals surface area (Å²) in [7, 11) is 1.61. The van der Waals surface area contributed by atoms with Gasteiger partial charge in [-0.1, -0.05) is 29.3 Å². The van der Waals surface area contributed by atoms with Crippen molar-refractivity contribution in [2.75, 3.05) is 20.1 Å². The Kier molecular flexibility index (Phi) is 7.31. The zero-order valence-corrected chi connectivity index (χ0v) is 14.4. The number of rotatable bonds is 5. The molecule has 0 aromatic heterocycles. The number of carbonyl (C=O) groups excluding carboxylic acids is 2. The van der Waals surface area contributed by atoms with Crippen LogP contribution in [0.2, 0.25) is 10.0 Å². The molecule has 0 saturated carbocycles.